The van der Waals surface area contributed by atoms with Gasteiger partial charge in [-0.15, -0.1) is 0 Å². The minimum absolute atomic E-state index is 0.211. The monoisotopic (exact) mass is 493 g/mol. The van der Waals surface area contributed by atoms with Crippen LogP contribution >= 0.6 is 11.6 Å². The molecule has 4 aromatic heterocycles. The molecular formula is C24H21ClFN7O2. The SMILES string of the molecule is C[C@@](O)(CNc1ccc(Cl)cn1)[C@H](F)[C@H](NC(=O)c1cccnc1)c1ccc2cc(C#N)cnn12. The third-order valence-corrected chi connectivity index (χ3v) is 5.65. The van der Waals surface area contributed by atoms with Crippen LogP contribution in [0.5, 0.6) is 0 Å². The van der Waals surface area contributed by atoms with Gasteiger partial charge in [0.1, 0.15) is 23.5 Å². The molecule has 3 atom stereocenters. The van der Waals surface area contributed by atoms with Gasteiger partial charge in [0.05, 0.1) is 33.6 Å². The number of nitrogens with one attached hydrogen (secondary N) is 2. The number of alkyl halides is 1. The van der Waals surface area contributed by atoms with Gasteiger partial charge in [0.25, 0.3) is 5.91 Å². The van der Waals surface area contributed by atoms with Crippen molar-refractivity contribution in [1.29, 1.82) is 5.26 Å². The molecule has 9 nitrogen and oxygen atoms in total. The van der Waals surface area contributed by atoms with Crippen molar-refractivity contribution in [3.8, 4) is 6.07 Å². The molecule has 0 aromatic carbocycles. The number of anilines is 1. The summed E-state index contributed by atoms with van der Waals surface area (Å²) in [6, 6.07) is 11.9. The topological polar surface area (TPSA) is 128 Å². The number of pyridine rings is 2. The summed E-state index contributed by atoms with van der Waals surface area (Å²) < 4.78 is 17.5. The molecule has 4 heterocycles. The van der Waals surface area contributed by atoms with Crippen LogP contribution in [0, 0.1) is 11.3 Å². The molecule has 0 saturated carbocycles. The number of hydrogen-bond acceptors (Lipinski definition) is 7. The van der Waals surface area contributed by atoms with Crippen molar-refractivity contribution in [3.63, 3.8) is 0 Å². The lowest BCUT2D eigenvalue weighted by molar-refractivity contribution is -0.0253. The summed E-state index contributed by atoms with van der Waals surface area (Å²) in [5.74, 6) is -0.172. The molecule has 1 amide bonds. The number of hydrogen-bond donors (Lipinski definition) is 3. The molecule has 0 aliphatic heterocycles. The van der Waals surface area contributed by atoms with Crippen LogP contribution in [0.1, 0.15) is 34.6 Å². The lowest BCUT2D eigenvalue weighted by atomic mass is 9.92. The first-order valence-electron chi connectivity index (χ1n) is 10.6. The molecule has 4 aromatic rings. The first-order chi connectivity index (χ1) is 16.8. The molecule has 0 spiro atoms. The van der Waals surface area contributed by atoms with Gasteiger partial charge in [-0.25, -0.2) is 13.9 Å². The fourth-order valence-corrected chi connectivity index (χ4v) is 3.65. The van der Waals surface area contributed by atoms with E-state index in [9.17, 15) is 9.90 Å². The number of halogens is 2. The minimum atomic E-state index is -1.97. The predicted molar refractivity (Wildman–Crippen MR) is 128 cm³/mol. The molecule has 0 unspecified atom stereocenters. The number of aromatic nitrogens is 4. The van der Waals surface area contributed by atoms with Gasteiger partial charge in [0, 0.05) is 25.1 Å². The highest BCUT2D eigenvalue weighted by molar-refractivity contribution is 6.30. The number of aliphatic hydroxyl groups is 1. The average molecular weight is 494 g/mol. The van der Waals surface area contributed by atoms with Crippen molar-refractivity contribution in [1.82, 2.24) is 24.9 Å². The van der Waals surface area contributed by atoms with Gasteiger partial charge in [-0.3, -0.25) is 9.78 Å². The van der Waals surface area contributed by atoms with Gasteiger partial charge >= 0.3 is 0 Å². The Balaban J connectivity index is 1.65. The van der Waals surface area contributed by atoms with E-state index in [1.54, 1.807) is 42.5 Å². The molecule has 0 aliphatic carbocycles. The summed E-state index contributed by atoms with van der Waals surface area (Å²) in [7, 11) is 0. The molecule has 178 valence electrons. The van der Waals surface area contributed by atoms with Crippen LogP contribution in [0.25, 0.3) is 5.52 Å². The Morgan fingerprint density at radius 2 is 2.11 bits per heavy atom. The van der Waals surface area contributed by atoms with Crippen molar-refractivity contribution < 1.29 is 14.3 Å². The molecule has 35 heavy (non-hydrogen) atoms. The molecule has 0 saturated heterocycles. The summed E-state index contributed by atoms with van der Waals surface area (Å²) >= 11 is 5.85. The van der Waals surface area contributed by atoms with Gasteiger partial charge in [-0.05, 0) is 49.4 Å². The highest BCUT2D eigenvalue weighted by Gasteiger charge is 2.41. The van der Waals surface area contributed by atoms with E-state index >= 15 is 4.39 Å². The Hall–Kier alpha value is -4.07. The van der Waals surface area contributed by atoms with Gasteiger partial charge in [-0.2, -0.15) is 10.4 Å². The first-order valence-corrected chi connectivity index (χ1v) is 11.0. The number of fused-ring (bicyclic) bond motifs is 1. The molecule has 0 fully saturated rings. The summed E-state index contributed by atoms with van der Waals surface area (Å²) in [6.07, 6.45) is 3.68. The van der Waals surface area contributed by atoms with Crippen LogP contribution in [0.15, 0.2) is 67.3 Å². The number of carbonyl (C=O) groups excluding carboxylic acids is 1. The maximum absolute atomic E-state index is 16.1. The Bertz CT molecular complexity index is 1370. The van der Waals surface area contributed by atoms with Crippen molar-refractivity contribution in [2.24, 2.45) is 0 Å². The summed E-state index contributed by atoms with van der Waals surface area (Å²) in [4.78, 5) is 20.9. The second-order valence-electron chi connectivity index (χ2n) is 8.12. The van der Waals surface area contributed by atoms with E-state index in [1.807, 2.05) is 6.07 Å². The van der Waals surface area contributed by atoms with Crippen LogP contribution in [-0.4, -0.2) is 48.9 Å². The number of nitriles is 1. The smallest absolute Gasteiger partial charge is 0.253 e. The Labute approximate surface area is 205 Å². The fraction of sp³-hybridized carbons (Fsp3) is 0.208. The molecule has 0 aliphatic rings. The zero-order valence-corrected chi connectivity index (χ0v) is 19.3. The van der Waals surface area contributed by atoms with Crippen molar-refractivity contribution in [2.75, 3.05) is 11.9 Å². The second kappa shape index (κ2) is 10.0. The van der Waals surface area contributed by atoms with Crippen molar-refractivity contribution >= 4 is 28.8 Å². The van der Waals surface area contributed by atoms with Crippen LogP contribution in [-0.2, 0) is 0 Å². The van der Waals surface area contributed by atoms with E-state index < -0.39 is 23.7 Å². The molecule has 0 radical (unpaired) electrons. The maximum Gasteiger partial charge on any atom is 0.253 e. The normalized spacial score (nSPS) is 14.5. The van der Waals surface area contributed by atoms with E-state index in [0.717, 1.165) is 0 Å². The van der Waals surface area contributed by atoms with Crippen LogP contribution in [0.3, 0.4) is 0 Å². The third-order valence-electron chi connectivity index (χ3n) is 5.43. The molecule has 0 bridgehead atoms. The zero-order chi connectivity index (χ0) is 25.0. The molecular weight excluding hydrogens is 473 g/mol. The van der Waals surface area contributed by atoms with E-state index in [4.69, 9.17) is 16.9 Å². The fourth-order valence-electron chi connectivity index (χ4n) is 3.54. The van der Waals surface area contributed by atoms with Crippen molar-refractivity contribution in [2.45, 2.75) is 24.7 Å². The van der Waals surface area contributed by atoms with Crippen molar-refractivity contribution in [3.05, 3.63) is 89.1 Å². The number of amides is 1. The minimum Gasteiger partial charge on any atom is -0.385 e. The van der Waals surface area contributed by atoms with E-state index in [-0.39, 0.29) is 12.1 Å². The van der Waals surface area contributed by atoms with Gasteiger partial charge in [0.2, 0.25) is 0 Å². The van der Waals surface area contributed by atoms with Crippen LogP contribution in [0.2, 0.25) is 5.02 Å². The van der Waals surface area contributed by atoms with Crippen LogP contribution in [0.4, 0.5) is 10.2 Å². The first kappa shape index (κ1) is 24.1. The maximum atomic E-state index is 16.1. The highest BCUT2D eigenvalue weighted by Crippen LogP contribution is 2.30. The number of carbonyl (C=O) groups is 1. The van der Waals surface area contributed by atoms with E-state index in [2.05, 4.69) is 25.7 Å². The van der Waals surface area contributed by atoms with Gasteiger partial charge < -0.3 is 15.7 Å². The molecule has 4 rings (SSSR count). The number of nitrogens with zero attached hydrogens (tertiary/aromatic N) is 5. The van der Waals surface area contributed by atoms with Gasteiger partial charge in [0.15, 0.2) is 6.17 Å². The Morgan fingerprint density at radius 3 is 2.80 bits per heavy atom. The highest BCUT2D eigenvalue weighted by atomic mass is 35.5. The number of rotatable bonds is 8. The van der Waals surface area contributed by atoms with Gasteiger partial charge in [-0.1, -0.05) is 11.6 Å². The van der Waals surface area contributed by atoms with Crippen LogP contribution < -0.4 is 10.6 Å². The second-order valence-corrected chi connectivity index (χ2v) is 8.55. The predicted octanol–water partition coefficient (Wildman–Crippen LogP) is 3.32. The summed E-state index contributed by atoms with van der Waals surface area (Å²) in [6.45, 7) is 1.11. The summed E-state index contributed by atoms with van der Waals surface area (Å²) in [5.41, 5.74) is -0.547. The van der Waals surface area contributed by atoms with E-state index in [0.29, 0.717) is 27.6 Å². The Morgan fingerprint density at radius 1 is 1.29 bits per heavy atom. The molecule has 3 N–H and O–H groups in total. The molecule has 11 heteroatoms. The average Bonchev–Trinajstić information content (AvgIpc) is 3.30. The van der Waals surface area contributed by atoms with E-state index in [1.165, 1.54) is 36.2 Å². The third kappa shape index (κ3) is 5.37. The lowest BCUT2D eigenvalue weighted by Crippen LogP contribution is -2.50. The summed E-state index contributed by atoms with van der Waals surface area (Å²) in [5, 5.41) is 30.4. The lowest BCUT2D eigenvalue weighted by Gasteiger charge is -2.33. The Kier molecular flexibility index (Phi) is 6.91. The standard InChI is InChI=1S/C24H21ClFN7O2/c1-24(35,14-30-20-7-4-17(25)13-29-20)22(26)21(32-23(34)16-3-2-8-28-12-16)19-6-5-18-9-15(10-27)11-31-33(18)19/h2-9,11-13,21-22,35H,14H2,1H3,(H,29,30)(H,32,34)/t21-,22-,24-/m1/s1. The quantitative estimate of drug-likeness (QED) is 0.343. The zero-order valence-electron chi connectivity index (χ0n) is 18.6. The largest absolute Gasteiger partial charge is 0.385 e.